The molecule has 0 saturated carbocycles. The van der Waals surface area contributed by atoms with E-state index in [1.807, 2.05) is 43.5 Å². The van der Waals surface area contributed by atoms with Crippen LogP contribution in [-0.4, -0.2) is 44.5 Å². The Morgan fingerprint density at radius 3 is 2.78 bits per heavy atom. The van der Waals surface area contributed by atoms with E-state index in [9.17, 15) is 9.59 Å². The molecule has 3 aromatic heterocycles. The lowest BCUT2D eigenvalue weighted by Crippen LogP contribution is -2.41. The molecular weight excluding hydrogens is 406 g/mol. The van der Waals surface area contributed by atoms with Crippen molar-refractivity contribution in [1.29, 1.82) is 0 Å². The fourth-order valence-electron chi connectivity index (χ4n) is 4.33. The van der Waals surface area contributed by atoms with Crippen molar-refractivity contribution in [1.82, 2.24) is 19.6 Å². The average Bonchev–Trinajstić information content (AvgIpc) is 3.14. The van der Waals surface area contributed by atoms with Gasteiger partial charge in [0.05, 0.1) is 23.5 Å². The van der Waals surface area contributed by atoms with Crippen LogP contribution in [0.5, 0.6) is 0 Å². The molecule has 0 radical (unpaired) electrons. The molecule has 9 heteroatoms. The number of primary amides is 1. The largest absolute Gasteiger partial charge is 0.369 e. The summed E-state index contributed by atoms with van der Waals surface area (Å²) >= 11 is 0. The van der Waals surface area contributed by atoms with Crippen LogP contribution in [0.15, 0.2) is 24.4 Å². The van der Waals surface area contributed by atoms with Crippen molar-refractivity contribution in [2.45, 2.75) is 46.5 Å². The van der Waals surface area contributed by atoms with Crippen LogP contribution in [0.4, 0.5) is 11.5 Å². The molecule has 4 rings (SSSR count). The van der Waals surface area contributed by atoms with E-state index in [1.54, 1.807) is 6.20 Å². The summed E-state index contributed by atoms with van der Waals surface area (Å²) in [6.45, 7) is 7.34. The summed E-state index contributed by atoms with van der Waals surface area (Å²) in [6.07, 6.45) is 4.30. The van der Waals surface area contributed by atoms with E-state index >= 15 is 0 Å². The first kappa shape index (κ1) is 21.7. The van der Waals surface area contributed by atoms with Crippen molar-refractivity contribution in [2.24, 2.45) is 11.7 Å². The first-order valence-corrected chi connectivity index (χ1v) is 10.9. The molecule has 1 aliphatic heterocycles. The van der Waals surface area contributed by atoms with Gasteiger partial charge in [0, 0.05) is 37.0 Å². The molecule has 3 N–H and O–H groups in total. The number of nitrogens with one attached hydrogen (secondary N) is 1. The Labute approximate surface area is 187 Å². The Morgan fingerprint density at radius 2 is 2.06 bits per heavy atom. The van der Waals surface area contributed by atoms with Gasteiger partial charge in [-0.05, 0) is 57.7 Å². The summed E-state index contributed by atoms with van der Waals surface area (Å²) in [4.78, 5) is 35.2. The molecule has 1 fully saturated rings. The highest BCUT2D eigenvalue weighted by molar-refractivity contribution is 5.90. The molecule has 32 heavy (non-hydrogen) atoms. The summed E-state index contributed by atoms with van der Waals surface area (Å²) in [5.41, 5.74) is 10.8. The first-order valence-electron chi connectivity index (χ1n) is 10.9. The van der Waals surface area contributed by atoms with Crippen molar-refractivity contribution in [2.75, 3.05) is 23.3 Å². The number of nitrogens with two attached hydrogens (primary N) is 1. The third-order valence-electron chi connectivity index (χ3n) is 6.07. The Morgan fingerprint density at radius 1 is 1.25 bits per heavy atom. The highest BCUT2D eigenvalue weighted by atomic mass is 16.2. The van der Waals surface area contributed by atoms with E-state index in [1.165, 1.54) is 0 Å². The molecule has 0 spiro atoms. The van der Waals surface area contributed by atoms with Crippen LogP contribution >= 0.6 is 0 Å². The van der Waals surface area contributed by atoms with Crippen LogP contribution in [0.2, 0.25) is 0 Å². The van der Waals surface area contributed by atoms with E-state index in [2.05, 4.69) is 25.3 Å². The van der Waals surface area contributed by atoms with Gasteiger partial charge in [-0.3, -0.25) is 9.59 Å². The number of piperidine rings is 1. The number of pyridine rings is 1. The van der Waals surface area contributed by atoms with Gasteiger partial charge >= 0.3 is 0 Å². The maximum atomic E-state index is 12.5. The molecule has 0 aliphatic carbocycles. The number of aromatic nitrogens is 4. The molecule has 1 unspecified atom stereocenters. The van der Waals surface area contributed by atoms with Crippen LogP contribution in [0.1, 0.15) is 41.9 Å². The van der Waals surface area contributed by atoms with E-state index in [0.717, 1.165) is 53.5 Å². The van der Waals surface area contributed by atoms with Gasteiger partial charge in [-0.1, -0.05) is 0 Å². The topological polar surface area (TPSA) is 119 Å². The second kappa shape index (κ2) is 8.94. The van der Waals surface area contributed by atoms with Gasteiger partial charge in [0.15, 0.2) is 5.65 Å². The van der Waals surface area contributed by atoms with E-state index in [0.29, 0.717) is 25.1 Å². The quantitative estimate of drug-likeness (QED) is 0.613. The Hall–Kier alpha value is -3.49. The molecule has 0 aromatic carbocycles. The molecule has 0 bridgehead atoms. The zero-order valence-corrected chi connectivity index (χ0v) is 18.8. The zero-order chi connectivity index (χ0) is 22.8. The smallest absolute Gasteiger partial charge is 0.224 e. The molecule has 2 amide bonds. The van der Waals surface area contributed by atoms with Crippen molar-refractivity contribution in [3.05, 3.63) is 47.0 Å². The number of carbonyl (C=O) groups excluding carboxylic acids is 2. The normalized spacial score (nSPS) is 16.3. The monoisotopic (exact) mass is 435 g/mol. The number of anilines is 2. The van der Waals surface area contributed by atoms with E-state index in [-0.39, 0.29) is 17.7 Å². The number of rotatable bonds is 6. The van der Waals surface area contributed by atoms with Crippen LogP contribution in [0.25, 0.3) is 5.65 Å². The number of nitrogens with zero attached hydrogens (tertiary/aromatic N) is 5. The standard InChI is InChI=1S/C23H29N7O2/c1-14-11-21-26-15(2)19(16(3)30(21)28-14)7-9-22(31)27-18-6-8-20(25-12-18)29-10-4-5-17(13-29)23(24)32/h6,8,11-12,17H,4-5,7,9-10,13H2,1-3H3,(H2,24,32)(H,27,31). The van der Waals surface area contributed by atoms with Crippen LogP contribution < -0.4 is 16.0 Å². The fourth-order valence-corrected chi connectivity index (χ4v) is 4.33. The number of aryl methyl sites for hydroxylation is 3. The lowest BCUT2D eigenvalue weighted by molar-refractivity contribution is -0.122. The third-order valence-corrected chi connectivity index (χ3v) is 6.07. The van der Waals surface area contributed by atoms with Crippen molar-refractivity contribution < 1.29 is 9.59 Å². The predicted octanol–water partition coefficient (Wildman–Crippen LogP) is 2.32. The zero-order valence-electron chi connectivity index (χ0n) is 18.8. The van der Waals surface area contributed by atoms with Crippen molar-refractivity contribution in [3.63, 3.8) is 0 Å². The molecule has 9 nitrogen and oxygen atoms in total. The van der Waals surface area contributed by atoms with Crippen LogP contribution in [-0.2, 0) is 16.0 Å². The SMILES string of the molecule is Cc1cc2nc(C)c(CCC(=O)Nc3ccc(N4CCCC(C(N)=O)C4)nc3)c(C)n2n1. The lowest BCUT2D eigenvalue weighted by atomic mass is 9.97. The maximum Gasteiger partial charge on any atom is 0.224 e. The molecule has 1 saturated heterocycles. The molecule has 1 atom stereocenters. The highest BCUT2D eigenvalue weighted by Gasteiger charge is 2.24. The Balaban J connectivity index is 1.37. The number of fused-ring (bicyclic) bond motifs is 1. The van der Waals surface area contributed by atoms with Gasteiger partial charge in [-0.2, -0.15) is 5.10 Å². The van der Waals surface area contributed by atoms with Gasteiger partial charge in [-0.15, -0.1) is 0 Å². The average molecular weight is 436 g/mol. The third kappa shape index (κ3) is 4.56. The maximum absolute atomic E-state index is 12.5. The second-order valence-corrected chi connectivity index (χ2v) is 8.46. The minimum Gasteiger partial charge on any atom is -0.369 e. The summed E-state index contributed by atoms with van der Waals surface area (Å²) in [6, 6.07) is 5.65. The second-order valence-electron chi connectivity index (χ2n) is 8.46. The fraction of sp³-hybridized carbons (Fsp3) is 0.435. The van der Waals surface area contributed by atoms with Crippen molar-refractivity contribution >= 4 is 29.0 Å². The van der Waals surface area contributed by atoms with Gasteiger partial charge in [-0.25, -0.2) is 14.5 Å². The van der Waals surface area contributed by atoms with Gasteiger partial charge < -0.3 is 16.0 Å². The molecule has 4 heterocycles. The highest BCUT2D eigenvalue weighted by Crippen LogP contribution is 2.23. The van der Waals surface area contributed by atoms with Gasteiger partial charge in [0.25, 0.3) is 0 Å². The summed E-state index contributed by atoms with van der Waals surface area (Å²) < 4.78 is 1.83. The number of hydrogen-bond acceptors (Lipinski definition) is 6. The molecule has 3 aromatic rings. The Kier molecular flexibility index (Phi) is 6.07. The van der Waals surface area contributed by atoms with Gasteiger partial charge in [0.1, 0.15) is 5.82 Å². The predicted molar refractivity (Wildman–Crippen MR) is 123 cm³/mol. The molecule has 1 aliphatic rings. The van der Waals surface area contributed by atoms with Crippen LogP contribution in [0, 0.1) is 26.7 Å². The summed E-state index contributed by atoms with van der Waals surface area (Å²) in [5.74, 6) is 0.299. The minimum atomic E-state index is -0.263. The number of amides is 2. The first-order chi connectivity index (χ1) is 15.3. The van der Waals surface area contributed by atoms with E-state index in [4.69, 9.17) is 5.73 Å². The van der Waals surface area contributed by atoms with E-state index < -0.39 is 0 Å². The molecular formula is C23H29N7O2. The summed E-state index contributed by atoms with van der Waals surface area (Å²) in [5, 5.41) is 7.40. The summed E-state index contributed by atoms with van der Waals surface area (Å²) in [7, 11) is 0. The Bertz CT molecular complexity index is 1150. The minimum absolute atomic E-state index is 0.0816. The number of carbonyl (C=O) groups is 2. The lowest BCUT2D eigenvalue weighted by Gasteiger charge is -2.32. The van der Waals surface area contributed by atoms with Crippen molar-refractivity contribution in [3.8, 4) is 0 Å². The van der Waals surface area contributed by atoms with Gasteiger partial charge in [0.2, 0.25) is 11.8 Å². The number of hydrogen-bond donors (Lipinski definition) is 2. The molecule has 168 valence electrons. The van der Waals surface area contributed by atoms with Crippen LogP contribution in [0.3, 0.4) is 0 Å².